The third-order valence-corrected chi connectivity index (χ3v) is 13.2. The zero-order valence-corrected chi connectivity index (χ0v) is 35.5. The lowest BCUT2D eigenvalue weighted by molar-refractivity contribution is 0.665. The van der Waals surface area contributed by atoms with Gasteiger partial charge in [-0.1, -0.05) is 132 Å². The van der Waals surface area contributed by atoms with Crippen molar-refractivity contribution in [1.82, 2.24) is 0 Å². The Labute approximate surface area is 361 Å². The Morgan fingerprint density at radius 3 is 1.39 bits per heavy atom. The van der Waals surface area contributed by atoms with Crippen molar-refractivity contribution < 1.29 is 8.83 Å². The molecule has 2 bridgehead atoms. The van der Waals surface area contributed by atoms with Crippen LogP contribution in [0, 0.1) is 34.6 Å². The third kappa shape index (κ3) is 5.46. The molecule has 8 aromatic carbocycles. The van der Waals surface area contributed by atoms with E-state index in [1.54, 1.807) is 0 Å². The number of benzene rings is 8. The molecule has 12 rings (SSSR count). The molecule has 10 aromatic rings. The smallest absolute Gasteiger partial charge is 0.159 e. The van der Waals surface area contributed by atoms with Gasteiger partial charge in [-0.2, -0.15) is 0 Å². The molecular weight excluding hydrogens is 757 g/mol. The van der Waals surface area contributed by atoms with E-state index in [9.17, 15) is 0 Å². The van der Waals surface area contributed by atoms with Gasteiger partial charge in [-0.05, 0) is 122 Å². The van der Waals surface area contributed by atoms with E-state index in [4.69, 9.17) is 8.83 Å². The first kappa shape index (κ1) is 36.3. The molecular formula is C58H44N2O2. The van der Waals surface area contributed by atoms with E-state index in [0.717, 1.165) is 95.5 Å². The summed E-state index contributed by atoms with van der Waals surface area (Å²) in [6.45, 7) is 10.8. The fourth-order valence-electron chi connectivity index (χ4n) is 10.1. The number of nitrogens with zero attached hydrogens (tertiary/aromatic N) is 2. The van der Waals surface area contributed by atoms with Crippen LogP contribution >= 0.6 is 0 Å². The molecule has 2 aliphatic carbocycles. The summed E-state index contributed by atoms with van der Waals surface area (Å²) in [6, 6.07) is 50.8. The minimum absolute atomic E-state index is 0.779. The molecule has 4 heteroatoms. The molecule has 0 amide bonds. The van der Waals surface area contributed by atoms with Crippen LogP contribution in [0.5, 0.6) is 0 Å². The van der Waals surface area contributed by atoms with Crippen LogP contribution in [-0.2, 0) is 6.42 Å². The van der Waals surface area contributed by atoms with Crippen LogP contribution in [0.1, 0.15) is 61.2 Å². The molecule has 0 N–H and O–H groups in total. The first-order chi connectivity index (χ1) is 30.3. The Kier molecular flexibility index (Phi) is 8.04. The van der Waals surface area contributed by atoms with Gasteiger partial charge in [-0.3, -0.25) is 0 Å². The lowest BCUT2D eigenvalue weighted by Gasteiger charge is -2.30. The first-order valence-corrected chi connectivity index (χ1v) is 21.5. The van der Waals surface area contributed by atoms with Crippen LogP contribution in [0.25, 0.3) is 68.2 Å². The van der Waals surface area contributed by atoms with Gasteiger partial charge in [0, 0.05) is 44.0 Å². The Morgan fingerprint density at radius 1 is 0.371 bits per heavy atom. The molecule has 2 heterocycles. The minimum Gasteiger partial charge on any atom is -0.454 e. The second-order valence-electron chi connectivity index (χ2n) is 17.2. The summed E-state index contributed by atoms with van der Waals surface area (Å²) >= 11 is 0. The standard InChI is InChI=1S/C58H44N2O2/c1-34-18-25-41(26-19-34)59(53-16-8-14-46-44-12-6-10-36(3)55(44)61-57(46)53)51-30-23-39-22-28-43-49-33-48(39)42(51)27-21-40(49)24-31-52(43)60(50-29-20-35(2)32-38(50)5)54-17-9-15-47-45-13-7-11-37(4)56(45)62-58(47)54/h6-32H,33H2,1-5H3. The van der Waals surface area contributed by atoms with Crippen molar-refractivity contribution in [2.45, 2.75) is 41.0 Å². The predicted molar refractivity (Wildman–Crippen MR) is 261 cm³/mol. The van der Waals surface area contributed by atoms with Gasteiger partial charge in [0.15, 0.2) is 11.2 Å². The van der Waals surface area contributed by atoms with E-state index >= 15 is 0 Å². The number of hydrogen-bond acceptors (Lipinski definition) is 4. The summed E-state index contributed by atoms with van der Waals surface area (Å²) in [6.07, 6.45) is 10.1. The highest BCUT2D eigenvalue weighted by molar-refractivity contribution is 6.13. The fourth-order valence-corrected chi connectivity index (χ4v) is 10.1. The quantitative estimate of drug-likeness (QED) is 0.168. The number of aryl methyl sites for hydroxylation is 5. The van der Waals surface area contributed by atoms with Gasteiger partial charge in [0.1, 0.15) is 11.2 Å². The second kappa shape index (κ2) is 13.7. The van der Waals surface area contributed by atoms with Crippen LogP contribution < -0.4 is 9.80 Å². The second-order valence-corrected chi connectivity index (χ2v) is 17.2. The monoisotopic (exact) mass is 800 g/mol. The maximum Gasteiger partial charge on any atom is 0.159 e. The average Bonchev–Trinajstić information content (AvgIpc) is 3.72. The number of hydrogen-bond donors (Lipinski definition) is 0. The maximum atomic E-state index is 6.86. The third-order valence-electron chi connectivity index (χ3n) is 13.2. The van der Waals surface area contributed by atoms with Gasteiger partial charge in [0.25, 0.3) is 0 Å². The van der Waals surface area contributed by atoms with E-state index in [1.165, 1.54) is 50.1 Å². The number of fused-ring (bicyclic) bond motifs is 6. The van der Waals surface area contributed by atoms with Crippen molar-refractivity contribution in [3.63, 3.8) is 0 Å². The predicted octanol–water partition coefficient (Wildman–Crippen LogP) is 16.5. The molecule has 0 atom stereocenters. The molecule has 0 unspecified atom stereocenters. The largest absolute Gasteiger partial charge is 0.454 e. The van der Waals surface area contributed by atoms with Gasteiger partial charge < -0.3 is 18.6 Å². The SMILES string of the molecule is Cc1ccc(N(c2ccc3c4c2C=Cc2ccc(N(c5ccc(C)cc5C)c5cccc6c5oc5c(C)cccc56)c(c2C4)C=C3)c2cccc3c2oc2c(C)cccc23)cc1. The normalized spacial score (nSPS) is 12.7. The number of para-hydroxylation sites is 4. The molecule has 0 saturated heterocycles. The van der Waals surface area contributed by atoms with Gasteiger partial charge in [-0.15, -0.1) is 0 Å². The van der Waals surface area contributed by atoms with Gasteiger partial charge >= 0.3 is 0 Å². The van der Waals surface area contributed by atoms with E-state index in [1.807, 2.05) is 0 Å². The van der Waals surface area contributed by atoms with Crippen molar-refractivity contribution in [2.75, 3.05) is 9.80 Å². The van der Waals surface area contributed by atoms with E-state index in [-0.39, 0.29) is 0 Å². The van der Waals surface area contributed by atoms with E-state index in [2.05, 4.69) is 208 Å². The lowest BCUT2D eigenvalue weighted by Crippen LogP contribution is -2.14. The highest BCUT2D eigenvalue weighted by Crippen LogP contribution is 2.50. The Bertz CT molecular complexity index is 3560. The molecule has 0 saturated carbocycles. The fraction of sp³-hybridized carbons (Fsp3) is 0.103. The molecule has 298 valence electrons. The molecule has 0 radical (unpaired) electrons. The molecule has 0 spiro atoms. The van der Waals surface area contributed by atoms with Crippen molar-refractivity contribution in [1.29, 1.82) is 0 Å². The summed E-state index contributed by atoms with van der Waals surface area (Å²) < 4.78 is 13.7. The van der Waals surface area contributed by atoms with Crippen LogP contribution in [0.15, 0.2) is 148 Å². The Balaban J connectivity index is 1.06. The van der Waals surface area contributed by atoms with Crippen molar-refractivity contribution >= 4 is 102 Å². The minimum atomic E-state index is 0.779. The number of rotatable bonds is 6. The molecule has 4 nitrogen and oxygen atoms in total. The van der Waals surface area contributed by atoms with Crippen LogP contribution in [0.3, 0.4) is 0 Å². The zero-order chi connectivity index (χ0) is 41.8. The molecule has 2 aromatic heterocycles. The summed E-state index contributed by atoms with van der Waals surface area (Å²) in [7, 11) is 0. The van der Waals surface area contributed by atoms with Crippen molar-refractivity contribution in [2.24, 2.45) is 0 Å². The Hall–Kier alpha value is -7.56. The molecule has 0 aliphatic heterocycles. The van der Waals surface area contributed by atoms with Gasteiger partial charge in [0.2, 0.25) is 0 Å². The lowest BCUT2D eigenvalue weighted by atomic mass is 9.92. The highest BCUT2D eigenvalue weighted by Gasteiger charge is 2.29. The summed E-state index contributed by atoms with van der Waals surface area (Å²) in [5, 5.41) is 4.50. The van der Waals surface area contributed by atoms with Crippen LogP contribution in [-0.4, -0.2) is 0 Å². The summed E-state index contributed by atoms with van der Waals surface area (Å²) in [5.41, 5.74) is 23.5. The van der Waals surface area contributed by atoms with Gasteiger partial charge in [0.05, 0.1) is 22.7 Å². The highest BCUT2D eigenvalue weighted by atomic mass is 16.3. The number of anilines is 6. The van der Waals surface area contributed by atoms with Crippen molar-refractivity contribution in [3.05, 3.63) is 201 Å². The first-order valence-electron chi connectivity index (χ1n) is 21.5. The maximum absolute atomic E-state index is 6.86. The zero-order valence-electron chi connectivity index (χ0n) is 35.5. The Morgan fingerprint density at radius 2 is 0.839 bits per heavy atom. The van der Waals surface area contributed by atoms with Crippen LogP contribution in [0.2, 0.25) is 0 Å². The molecule has 62 heavy (non-hydrogen) atoms. The van der Waals surface area contributed by atoms with E-state index in [0.29, 0.717) is 0 Å². The summed E-state index contributed by atoms with van der Waals surface area (Å²) in [5.74, 6) is 0. The summed E-state index contributed by atoms with van der Waals surface area (Å²) in [4.78, 5) is 4.83. The van der Waals surface area contributed by atoms with E-state index < -0.39 is 0 Å². The van der Waals surface area contributed by atoms with Crippen molar-refractivity contribution in [3.8, 4) is 0 Å². The van der Waals surface area contributed by atoms with Gasteiger partial charge in [-0.25, -0.2) is 0 Å². The molecule has 2 aliphatic rings. The molecule has 0 fully saturated rings. The topological polar surface area (TPSA) is 32.8 Å². The van der Waals surface area contributed by atoms with Crippen LogP contribution in [0.4, 0.5) is 34.1 Å². The number of furan rings is 2. The average molecular weight is 801 g/mol.